The van der Waals surface area contributed by atoms with Crippen molar-refractivity contribution in [2.24, 2.45) is 0 Å². The van der Waals surface area contributed by atoms with Crippen LogP contribution in [0.3, 0.4) is 0 Å². The average Bonchev–Trinajstić information content (AvgIpc) is 2.52. The molecular weight excluding hydrogens is 260 g/mol. The number of hydrogen-bond acceptors (Lipinski definition) is 3. The molecule has 0 spiro atoms. The van der Waals surface area contributed by atoms with Crippen molar-refractivity contribution in [3.63, 3.8) is 0 Å². The van der Waals surface area contributed by atoms with Crippen molar-refractivity contribution in [3.8, 4) is 0 Å². The van der Waals surface area contributed by atoms with Crippen LogP contribution in [0.1, 0.15) is 6.42 Å². The average molecular weight is 278 g/mol. The van der Waals surface area contributed by atoms with E-state index in [-0.39, 0.29) is 17.9 Å². The SMILES string of the molecule is O=C1C=CC(Nc2ccccc2)C(Nc2ccccc2)C1. The van der Waals surface area contributed by atoms with Gasteiger partial charge in [-0.25, -0.2) is 0 Å². The Morgan fingerprint density at radius 1 is 0.810 bits per heavy atom. The molecule has 3 heteroatoms. The third-order valence-corrected chi connectivity index (χ3v) is 3.58. The van der Waals surface area contributed by atoms with Gasteiger partial charge in [-0.05, 0) is 30.3 Å². The number of carbonyl (C=O) groups is 1. The quantitative estimate of drug-likeness (QED) is 0.899. The molecule has 2 aromatic rings. The molecule has 3 rings (SSSR count). The molecule has 2 unspecified atom stereocenters. The summed E-state index contributed by atoms with van der Waals surface area (Å²) >= 11 is 0. The van der Waals surface area contributed by atoms with Crippen LogP contribution in [0.4, 0.5) is 11.4 Å². The molecule has 21 heavy (non-hydrogen) atoms. The number of allylic oxidation sites excluding steroid dienone is 1. The summed E-state index contributed by atoms with van der Waals surface area (Å²) in [5.41, 5.74) is 2.09. The predicted molar refractivity (Wildman–Crippen MR) is 86.5 cm³/mol. The molecule has 2 aromatic carbocycles. The Kier molecular flexibility index (Phi) is 4.01. The van der Waals surface area contributed by atoms with E-state index in [1.54, 1.807) is 6.08 Å². The number of hydrogen-bond donors (Lipinski definition) is 2. The predicted octanol–water partition coefficient (Wildman–Crippen LogP) is 3.48. The van der Waals surface area contributed by atoms with Gasteiger partial charge in [-0.2, -0.15) is 0 Å². The van der Waals surface area contributed by atoms with E-state index >= 15 is 0 Å². The van der Waals surface area contributed by atoms with Gasteiger partial charge in [-0.3, -0.25) is 4.79 Å². The minimum absolute atomic E-state index is 0.0464. The van der Waals surface area contributed by atoms with Crippen LogP contribution in [0.15, 0.2) is 72.8 Å². The molecule has 0 radical (unpaired) electrons. The lowest BCUT2D eigenvalue weighted by Gasteiger charge is -2.30. The van der Waals surface area contributed by atoms with Crippen molar-refractivity contribution < 1.29 is 4.79 Å². The Morgan fingerprint density at radius 2 is 1.38 bits per heavy atom. The Hall–Kier alpha value is -2.55. The molecule has 0 amide bonds. The van der Waals surface area contributed by atoms with Crippen LogP contribution in [0.25, 0.3) is 0 Å². The topological polar surface area (TPSA) is 41.1 Å². The first-order valence-electron chi connectivity index (χ1n) is 7.15. The number of ketones is 1. The van der Waals surface area contributed by atoms with Crippen molar-refractivity contribution in [1.29, 1.82) is 0 Å². The van der Waals surface area contributed by atoms with Gasteiger partial charge in [0.25, 0.3) is 0 Å². The van der Waals surface area contributed by atoms with Gasteiger partial charge in [0, 0.05) is 17.8 Å². The van der Waals surface area contributed by atoms with E-state index in [0.717, 1.165) is 11.4 Å². The van der Waals surface area contributed by atoms with Crippen LogP contribution in [0.2, 0.25) is 0 Å². The number of anilines is 2. The number of nitrogens with one attached hydrogen (secondary N) is 2. The normalized spacial score (nSPS) is 21.0. The molecule has 0 saturated carbocycles. The first-order chi connectivity index (χ1) is 10.3. The Morgan fingerprint density at radius 3 is 2.00 bits per heavy atom. The third kappa shape index (κ3) is 3.51. The molecule has 2 N–H and O–H groups in total. The maximum absolute atomic E-state index is 11.7. The highest BCUT2D eigenvalue weighted by Crippen LogP contribution is 2.19. The van der Waals surface area contributed by atoms with Crippen molar-refractivity contribution >= 4 is 17.2 Å². The summed E-state index contributed by atoms with van der Waals surface area (Å²) in [6.45, 7) is 0. The van der Waals surface area contributed by atoms with E-state index in [4.69, 9.17) is 0 Å². The molecule has 3 nitrogen and oxygen atoms in total. The van der Waals surface area contributed by atoms with E-state index in [1.807, 2.05) is 66.7 Å². The van der Waals surface area contributed by atoms with E-state index in [1.165, 1.54) is 0 Å². The second-order valence-corrected chi connectivity index (χ2v) is 5.18. The first-order valence-corrected chi connectivity index (χ1v) is 7.15. The highest BCUT2D eigenvalue weighted by Gasteiger charge is 2.25. The van der Waals surface area contributed by atoms with Gasteiger partial charge in [0.2, 0.25) is 0 Å². The van der Waals surface area contributed by atoms with E-state index in [2.05, 4.69) is 10.6 Å². The standard InChI is InChI=1S/C18H18N2O/c21-16-11-12-17(19-14-7-3-1-4-8-14)18(13-16)20-15-9-5-2-6-10-15/h1-12,17-20H,13H2. The van der Waals surface area contributed by atoms with E-state index in [9.17, 15) is 4.79 Å². The zero-order valence-electron chi connectivity index (χ0n) is 11.7. The second kappa shape index (κ2) is 6.27. The van der Waals surface area contributed by atoms with Crippen LogP contribution in [0.5, 0.6) is 0 Å². The fraction of sp³-hybridized carbons (Fsp3) is 0.167. The molecule has 0 heterocycles. The van der Waals surface area contributed by atoms with Gasteiger partial charge in [0.15, 0.2) is 5.78 Å². The molecule has 0 bridgehead atoms. The van der Waals surface area contributed by atoms with Gasteiger partial charge in [-0.1, -0.05) is 42.5 Å². The highest BCUT2D eigenvalue weighted by molar-refractivity contribution is 5.92. The lowest BCUT2D eigenvalue weighted by molar-refractivity contribution is -0.115. The molecule has 2 atom stereocenters. The summed E-state index contributed by atoms with van der Waals surface area (Å²) in [6, 6.07) is 20.2. The molecule has 0 saturated heterocycles. The second-order valence-electron chi connectivity index (χ2n) is 5.18. The lowest BCUT2D eigenvalue weighted by atomic mass is 9.95. The van der Waals surface area contributed by atoms with E-state index < -0.39 is 0 Å². The van der Waals surface area contributed by atoms with Crippen molar-refractivity contribution in [1.82, 2.24) is 0 Å². The van der Waals surface area contributed by atoms with Crippen molar-refractivity contribution in [2.75, 3.05) is 10.6 Å². The Balaban J connectivity index is 1.76. The first kappa shape index (κ1) is 13.4. The van der Waals surface area contributed by atoms with Gasteiger partial charge in [-0.15, -0.1) is 0 Å². The van der Waals surface area contributed by atoms with Gasteiger partial charge >= 0.3 is 0 Å². The highest BCUT2D eigenvalue weighted by atomic mass is 16.1. The zero-order chi connectivity index (χ0) is 14.5. The molecule has 1 aliphatic carbocycles. The van der Waals surface area contributed by atoms with Crippen LogP contribution in [-0.2, 0) is 4.79 Å². The fourth-order valence-electron chi connectivity index (χ4n) is 2.52. The van der Waals surface area contributed by atoms with Crippen molar-refractivity contribution in [2.45, 2.75) is 18.5 Å². The molecule has 1 aliphatic rings. The van der Waals surface area contributed by atoms with E-state index in [0.29, 0.717) is 6.42 Å². The van der Waals surface area contributed by atoms with Crippen LogP contribution < -0.4 is 10.6 Å². The number of para-hydroxylation sites is 2. The molecule has 0 fully saturated rings. The smallest absolute Gasteiger partial charge is 0.157 e. The number of carbonyl (C=O) groups excluding carboxylic acids is 1. The van der Waals surface area contributed by atoms with Crippen LogP contribution in [-0.4, -0.2) is 17.9 Å². The largest absolute Gasteiger partial charge is 0.379 e. The summed E-state index contributed by atoms with van der Waals surface area (Å²) in [6.07, 6.45) is 4.11. The Labute approximate surface area is 124 Å². The van der Waals surface area contributed by atoms with Crippen LogP contribution >= 0.6 is 0 Å². The summed E-state index contributed by atoms with van der Waals surface area (Å²) in [4.78, 5) is 11.7. The van der Waals surface area contributed by atoms with Crippen molar-refractivity contribution in [3.05, 3.63) is 72.8 Å². The monoisotopic (exact) mass is 278 g/mol. The maximum Gasteiger partial charge on any atom is 0.157 e. The molecule has 106 valence electrons. The molecular formula is C18H18N2O. The number of rotatable bonds is 4. The summed E-state index contributed by atoms with van der Waals surface area (Å²) in [7, 11) is 0. The zero-order valence-corrected chi connectivity index (χ0v) is 11.7. The lowest BCUT2D eigenvalue weighted by Crippen LogP contribution is -2.41. The molecule has 0 aliphatic heterocycles. The minimum atomic E-state index is 0.0464. The fourth-order valence-corrected chi connectivity index (χ4v) is 2.52. The van der Waals surface area contributed by atoms with Gasteiger partial charge < -0.3 is 10.6 Å². The summed E-state index contributed by atoms with van der Waals surface area (Å²) in [5.74, 6) is 0.162. The third-order valence-electron chi connectivity index (χ3n) is 3.58. The summed E-state index contributed by atoms with van der Waals surface area (Å²) < 4.78 is 0. The maximum atomic E-state index is 11.7. The summed E-state index contributed by atoms with van der Waals surface area (Å²) in [5, 5.41) is 6.92. The molecule has 0 aromatic heterocycles. The van der Waals surface area contributed by atoms with Crippen LogP contribution in [0, 0.1) is 0 Å². The number of benzene rings is 2. The Bertz CT molecular complexity index is 622. The van der Waals surface area contributed by atoms with Gasteiger partial charge in [0.05, 0.1) is 12.1 Å². The van der Waals surface area contributed by atoms with Gasteiger partial charge in [0.1, 0.15) is 0 Å². The minimum Gasteiger partial charge on any atom is -0.379 e.